The van der Waals surface area contributed by atoms with Gasteiger partial charge < -0.3 is 15.4 Å². The maximum atomic E-state index is 5.85. The average molecular weight is 558 g/mol. The van der Waals surface area contributed by atoms with Crippen molar-refractivity contribution in [1.82, 2.24) is 20.5 Å². The number of aliphatic imine (C=N–C) groups is 1. The first-order valence-corrected chi connectivity index (χ1v) is 11.0. The average Bonchev–Trinajstić information content (AvgIpc) is 2.80. The Morgan fingerprint density at radius 1 is 1.13 bits per heavy atom. The SMILES string of the molecule is CN=C(NCCc1ccc(Cl)nc1)NCC(c1ccc(OC)cc1)N1CCCCC1.I. The van der Waals surface area contributed by atoms with E-state index >= 15 is 0 Å². The van der Waals surface area contributed by atoms with E-state index in [2.05, 4.69) is 37.6 Å². The van der Waals surface area contributed by atoms with E-state index in [-0.39, 0.29) is 24.0 Å². The number of piperidine rings is 1. The number of ether oxygens (including phenoxy) is 1. The summed E-state index contributed by atoms with van der Waals surface area (Å²) in [5.74, 6) is 1.70. The van der Waals surface area contributed by atoms with Crippen LogP contribution in [-0.2, 0) is 6.42 Å². The number of aromatic nitrogens is 1. The van der Waals surface area contributed by atoms with Gasteiger partial charge in [0, 0.05) is 26.3 Å². The van der Waals surface area contributed by atoms with Crippen molar-refractivity contribution in [3.8, 4) is 5.75 Å². The van der Waals surface area contributed by atoms with Crippen molar-refractivity contribution in [2.45, 2.75) is 31.7 Å². The molecule has 1 saturated heterocycles. The van der Waals surface area contributed by atoms with E-state index in [1.807, 2.05) is 37.5 Å². The number of nitrogens with zero attached hydrogens (tertiary/aromatic N) is 3. The summed E-state index contributed by atoms with van der Waals surface area (Å²) >= 11 is 5.85. The van der Waals surface area contributed by atoms with Crippen LogP contribution in [0.3, 0.4) is 0 Å². The fourth-order valence-corrected chi connectivity index (χ4v) is 3.92. The van der Waals surface area contributed by atoms with Gasteiger partial charge in [-0.3, -0.25) is 9.89 Å². The highest BCUT2D eigenvalue weighted by atomic mass is 127. The zero-order valence-corrected chi connectivity index (χ0v) is 21.4. The summed E-state index contributed by atoms with van der Waals surface area (Å²) in [6.45, 7) is 3.84. The number of benzene rings is 1. The van der Waals surface area contributed by atoms with E-state index in [1.165, 1.54) is 24.8 Å². The smallest absolute Gasteiger partial charge is 0.191 e. The predicted octanol–water partition coefficient (Wildman–Crippen LogP) is 4.30. The quantitative estimate of drug-likeness (QED) is 0.219. The minimum atomic E-state index is 0. The van der Waals surface area contributed by atoms with E-state index in [9.17, 15) is 0 Å². The molecule has 1 unspecified atom stereocenters. The Bertz CT molecular complexity index is 795. The maximum absolute atomic E-state index is 5.85. The zero-order valence-electron chi connectivity index (χ0n) is 18.3. The summed E-state index contributed by atoms with van der Waals surface area (Å²) in [5.41, 5.74) is 2.44. The number of hydrogen-bond acceptors (Lipinski definition) is 4. The van der Waals surface area contributed by atoms with Gasteiger partial charge in [0.1, 0.15) is 10.9 Å². The van der Waals surface area contributed by atoms with Crippen LogP contribution in [0, 0.1) is 0 Å². The maximum Gasteiger partial charge on any atom is 0.191 e. The summed E-state index contributed by atoms with van der Waals surface area (Å²) in [6.07, 6.45) is 6.51. The molecule has 6 nitrogen and oxygen atoms in total. The molecule has 1 aromatic heterocycles. The molecule has 1 aromatic carbocycles. The summed E-state index contributed by atoms with van der Waals surface area (Å²) in [4.78, 5) is 11.1. The van der Waals surface area contributed by atoms with E-state index in [0.717, 1.165) is 49.9 Å². The van der Waals surface area contributed by atoms with Crippen molar-refractivity contribution >= 4 is 41.5 Å². The van der Waals surface area contributed by atoms with Gasteiger partial charge in [-0.1, -0.05) is 36.2 Å². The number of methoxy groups -OCH3 is 1. The van der Waals surface area contributed by atoms with Gasteiger partial charge in [-0.05, 0) is 61.7 Å². The Kier molecular flexibility index (Phi) is 11.4. The van der Waals surface area contributed by atoms with Crippen molar-refractivity contribution in [2.24, 2.45) is 4.99 Å². The van der Waals surface area contributed by atoms with Crippen LogP contribution < -0.4 is 15.4 Å². The molecule has 0 bridgehead atoms. The molecular weight excluding hydrogens is 525 g/mol. The molecule has 2 heterocycles. The molecule has 2 N–H and O–H groups in total. The van der Waals surface area contributed by atoms with Gasteiger partial charge in [-0.25, -0.2) is 4.98 Å². The topological polar surface area (TPSA) is 61.8 Å². The monoisotopic (exact) mass is 557 g/mol. The van der Waals surface area contributed by atoms with Crippen LogP contribution in [0.4, 0.5) is 0 Å². The molecule has 0 amide bonds. The van der Waals surface area contributed by atoms with Crippen LogP contribution in [0.2, 0.25) is 5.15 Å². The van der Waals surface area contributed by atoms with E-state index < -0.39 is 0 Å². The minimum Gasteiger partial charge on any atom is -0.497 e. The van der Waals surface area contributed by atoms with Crippen molar-refractivity contribution in [1.29, 1.82) is 0 Å². The lowest BCUT2D eigenvalue weighted by Gasteiger charge is -2.35. The Balaban J connectivity index is 0.00000341. The molecule has 2 aromatic rings. The van der Waals surface area contributed by atoms with Gasteiger partial charge in [-0.15, -0.1) is 24.0 Å². The Morgan fingerprint density at radius 3 is 2.48 bits per heavy atom. The molecule has 1 atom stereocenters. The van der Waals surface area contributed by atoms with Gasteiger partial charge in [0.2, 0.25) is 0 Å². The largest absolute Gasteiger partial charge is 0.497 e. The van der Waals surface area contributed by atoms with E-state index in [1.54, 1.807) is 7.11 Å². The molecule has 1 aliphatic rings. The lowest BCUT2D eigenvalue weighted by molar-refractivity contribution is 0.164. The Morgan fingerprint density at radius 2 is 1.87 bits per heavy atom. The molecule has 170 valence electrons. The fourth-order valence-electron chi connectivity index (χ4n) is 3.81. The molecular formula is C23H33ClIN5O. The van der Waals surface area contributed by atoms with Crippen LogP contribution in [-0.4, -0.2) is 56.2 Å². The van der Waals surface area contributed by atoms with E-state index in [0.29, 0.717) is 11.2 Å². The normalized spacial score (nSPS) is 15.6. The van der Waals surface area contributed by atoms with Crippen LogP contribution in [0.15, 0.2) is 47.6 Å². The second-order valence-corrected chi connectivity index (χ2v) is 7.89. The second-order valence-electron chi connectivity index (χ2n) is 7.50. The lowest BCUT2D eigenvalue weighted by atomic mass is 10.0. The summed E-state index contributed by atoms with van der Waals surface area (Å²) < 4.78 is 5.33. The van der Waals surface area contributed by atoms with Crippen LogP contribution in [0.5, 0.6) is 5.75 Å². The fraction of sp³-hybridized carbons (Fsp3) is 0.478. The summed E-state index contributed by atoms with van der Waals surface area (Å²) in [7, 11) is 3.51. The number of likely N-dealkylation sites (tertiary alicyclic amines) is 1. The summed E-state index contributed by atoms with van der Waals surface area (Å²) in [6, 6.07) is 12.5. The summed E-state index contributed by atoms with van der Waals surface area (Å²) in [5, 5.41) is 7.44. The molecule has 8 heteroatoms. The first kappa shape index (κ1) is 25.7. The van der Waals surface area contributed by atoms with Crippen molar-refractivity contribution in [2.75, 3.05) is 40.3 Å². The number of hydrogen-bond donors (Lipinski definition) is 2. The first-order valence-electron chi connectivity index (χ1n) is 10.6. The van der Waals surface area contributed by atoms with Gasteiger partial charge >= 0.3 is 0 Å². The first-order chi connectivity index (χ1) is 14.7. The molecule has 0 saturated carbocycles. The number of guanidine groups is 1. The van der Waals surface area contributed by atoms with Crippen molar-refractivity contribution in [3.05, 3.63) is 58.9 Å². The van der Waals surface area contributed by atoms with Crippen molar-refractivity contribution in [3.63, 3.8) is 0 Å². The highest BCUT2D eigenvalue weighted by molar-refractivity contribution is 14.0. The highest BCUT2D eigenvalue weighted by Gasteiger charge is 2.22. The lowest BCUT2D eigenvalue weighted by Crippen LogP contribution is -2.44. The number of rotatable bonds is 8. The van der Waals surface area contributed by atoms with Crippen LogP contribution in [0.1, 0.15) is 36.4 Å². The third-order valence-electron chi connectivity index (χ3n) is 5.51. The molecule has 31 heavy (non-hydrogen) atoms. The number of pyridine rings is 1. The second kappa shape index (κ2) is 13.8. The molecule has 3 rings (SSSR count). The molecule has 1 aliphatic heterocycles. The Labute approximate surface area is 207 Å². The minimum absolute atomic E-state index is 0. The third-order valence-corrected chi connectivity index (χ3v) is 5.74. The van der Waals surface area contributed by atoms with Gasteiger partial charge in [-0.2, -0.15) is 0 Å². The van der Waals surface area contributed by atoms with E-state index in [4.69, 9.17) is 16.3 Å². The van der Waals surface area contributed by atoms with Gasteiger partial charge in [0.25, 0.3) is 0 Å². The zero-order chi connectivity index (χ0) is 21.2. The molecule has 0 aliphatic carbocycles. The molecule has 1 fully saturated rings. The standard InChI is InChI=1S/C23H32ClN5O.HI/c1-25-23(26-13-12-18-6-11-22(24)27-16-18)28-17-21(29-14-4-3-5-15-29)19-7-9-20(30-2)10-8-19;/h6-11,16,21H,3-5,12-15,17H2,1-2H3,(H2,25,26,28);1H. The van der Waals surface area contributed by atoms with Crippen LogP contribution in [0.25, 0.3) is 0 Å². The van der Waals surface area contributed by atoms with Gasteiger partial charge in [0.15, 0.2) is 5.96 Å². The number of halogens is 2. The third kappa shape index (κ3) is 8.12. The van der Waals surface area contributed by atoms with Crippen molar-refractivity contribution < 1.29 is 4.74 Å². The van der Waals surface area contributed by atoms with Crippen LogP contribution >= 0.6 is 35.6 Å². The highest BCUT2D eigenvalue weighted by Crippen LogP contribution is 2.25. The van der Waals surface area contributed by atoms with Gasteiger partial charge in [0.05, 0.1) is 13.2 Å². The molecule has 0 spiro atoms. The molecule has 0 radical (unpaired) electrons. The Hall–Kier alpha value is -1.58. The predicted molar refractivity (Wildman–Crippen MR) is 139 cm³/mol. The number of nitrogens with one attached hydrogen (secondary N) is 2.